The highest BCUT2D eigenvalue weighted by Gasteiger charge is 2.52. The fourth-order valence-electron chi connectivity index (χ4n) is 6.34. The number of ether oxygens (including phenoxy) is 1. The first kappa shape index (κ1) is 26.7. The molecule has 40 heavy (non-hydrogen) atoms. The van der Waals surface area contributed by atoms with Crippen molar-refractivity contribution in [2.24, 2.45) is 5.92 Å². The summed E-state index contributed by atoms with van der Waals surface area (Å²) in [6.07, 6.45) is 3.83. The quantitative estimate of drug-likeness (QED) is 0.404. The Morgan fingerprint density at radius 3 is 2.58 bits per heavy atom. The number of aryl methyl sites for hydroxylation is 1. The van der Waals surface area contributed by atoms with Gasteiger partial charge in [-0.15, -0.1) is 0 Å². The van der Waals surface area contributed by atoms with Gasteiger partial charge in [-0.3, -0.25) is 14.5 Å². The maximum absolute atomic E-state index is 13.6. The molecule has 2 aromatic rings. The van der Waals surface area contributed by atoms with Gasteiger partial charge in [-0.1, -0.05) is 36.9 Å². The molecule has 3 heterocycles. The van der Waals surface area contributed by atoms with Crippen molar-refractivity contribution in [1.29, 1.82) is 0 Å². The molecule has 4 aliphatic rings. The fourth-order valence-corrected chi connectivity index (χ4v) is 7.74. The molecule has 0 bridgehead atoms. The monoisotopic (exact) mass is 561 g/mol. The molecule has 9 nitrogen and oxygen atoms in total. The number of benzene rings is 2. The Morgan fingerprint density at radius 2 is 1.82 bits per heavy atom. The standard InChI is InChI=1S/C30H35N5O4S/c1-3-24(36)32-20-10-7-11-21(20)33-28(37)27-26-25-23(14-15-31-29(25)40-27)35(30(38)34-26)22-13-12-19(16-17(22)2)39-18-8-5-4-6-9-18/h4-6,8-9,12-13,16,20-21,23,25,29,31H,3,7,10-11,14-15H2,1-2H3,(H,32,36)(H,33,37)(H,34,38)/t20-,21-,23?,25?,29?/m0/s1. The molecular weight excluding hydrogens is 526 g/mol. The average molecular weight is 562 g/mol. The number of para-hydroxylation sites is 1. The molecule has 5 atom stereocenters. The SMILES string of the molecule is CCC(=O)N[C@H]1CCC[C@@H]1NC(=O)C1=C2NC(=O)N(c3ccc(Oc4ccccc4)cc3C)C3CCNC(S1)C23. The summed E-state index contributed by atoms with van der Waals surface area (Å²) in [5.74, 6) is 1.26. The van der Waals surface area contributed by atoms with Crippen molar-refractivity contribution < 1.29 is 19.1 Å². The van der Waals surface area contributed by atoms with E-state index in [1.54, 1.807) is 0 Å². The van der Waals surface area contributed by atoms with E-state index in [-0.39, 0.29) is 47.3 Å². The number of carbonyl (C=O) groups is 3. The third-order valence-electron chi connectivity index (χ3n) is 8.25. The van der Waals surface area contributed by atoms with Gasteiger partial charge in [-0.05, 0) is 75.0 Å². The Bertz CT molecular complexity index is 1350. The van der Waals surface area contributed by atoms with Crippen LogP contribution in [0.2, 0.25) is 0 Å². The number of nitrogens with zero attached hydrogens (tertiary/aromatic N) is 1. The summed E-state index contributed by atoms with van der Waals surface area (Å²) in [7, 11) is 0. The number of anilines is 1. The number of rotatable bonds is 7. The second-order valence-corrected chi connectivity index (χ2v) is 12.0. The molecule has 0 spiro atoms. The lowest BCUT2D eigenvalue weighted by Crippen LogP contribution is -2.62. The van der Waals surface area contributed by atoms with Crippen LogP contribution in [-0.4, -0.2) is 47.9 Å². The van der Waals surface area contributed by atoms with E-state index in [0.29, 0.717) is 22.8 Å². The first-order valence-corrected chi connectivity index (χ1v) is 15.0. The van der Waals surface area contributed by atoms with Gasteiger partial charge in [0, 0.05) is 35.8 Å². The van der Waals surface area contributed by atoms with Crippen molar-refractivity contribution in [2.45, 2.75) is 69.5 Å². The Kier molecular flexibility index (Phi) is 7.46. The first-order chi connectivity index (χ1) is 19.4. The van der Waals surface area contributed by atoms with Crippen LogP contribution in [0.3, 0.4) is 0 Å². The Hall–Kier alpha value is -3.50. The topological polar surface area (TPSA) is 112 Å². The Morgan fingerprint density at radius 1 is 1.05 bits per heavy atom. The number of piperidine rings is 1. The van der Waals surface area contributed by atoms with Crippen LogP contribution in [-0.2, 0) is 9.59 Å². The molecular formula is C30H35N5O4S. The summed E-state index contributed by atoms with van der Waals surface area (Å²) in [5, 5.41) is 12.9. The van der Waals surface area contributed by atoms with Gasteiger partial charge in [-0.25, -0.2) is 4.79 Å². The van der Waals surface area contributed by atoms with Gasteiger partial charge < -0.3 is 26.0 Å². The summed E-state index contributed by atoms with van der Waals surface area (Å²) in [6, 6.07) is 14.9. The minimum atomic E-state index is -0.224. The third kappa shape index (κ3) is 5.06. The fraction of sp³-hybridized carbons (Fsp3) is 0.433. The zero-order valence-electron chi connectivity index (χ0n) is 22.7. The number of amides is 4. The predicted octanol–water partition coefficient (Wildman–Crippen LogP) is 4.14. The van der Waals surface area contributed by atoms with Crippen molar-refractivity contribution in [3.05, 3.63) is 64.7 Å². The van der Waals surface area contributed by atoms with Gasteiger partial charge in [0.1, 0.15) is 11.5 Å². The van der Waals surface area contributed by atoms with Crippen molar-refractivity contribution in [2.75, 3.05) is 11.4 Å². The highest BCUT2D eigenvalue weighted by molar-refractivity contribution is 8.04. The first-order valence-electron chi connectivity index (χ1n) is 14.1. The van der Waals surface area contributed by atoms with Gasteiger partial charge in [0.2, 0.25) is 5.91 Å². The molecule has 4 N–H and O–H groups in total. The Labute approximate surface area is 238 Å². The van der Waals surface area contributed by atoms with Gasteiger partial charge in [-0.2, -0.15) is 0 Å². The zero-order chi connectivity index (χ0) is 27.8. The van der Waals surface area contributed by atoms with E-state index < -0.39 is 0 Å². The molecule has 0 aromatic heterocycles. The van der Waals surface area contributed by atoms with Gasteiger partial charge in [0.25, 0.3) is 5.91 Å². The minimum absolute atomic E-state index is 0.00207. The maximum atomic E-state index is 13.6. The molecule has 0 radical (unpaired) electrons. The van der Waals surface area contributed by atoms with E-state index in [1.807, 2.05) is 67.3 Å². The van der Waals surface area contributed by atoms with Crippen LogP contribution in [0.4, 0.5) is 10.5 Å². The lowest BCUT2D eigenvalue weighted by molar-refractivity contribution is -0.122. The van der Waals surface area contributed by atoms with Crippen molar-refractivity contribution >= 4 is 35.3 Å². The lowest BCUT2D eigenvalue weighted by atomic mass is 9.86. The lowest BCUT2D eigenvalue weighted by Gasteiger charge is -2.46. The van der Waals surface area contributed by atoms with E-state index in [2.05, 4.69) is 21.3 Å². The van der Waals surface area contributed by atoms with Gasteiger partial charge in [0.15, 0.2) is 0 Å². The van der Waals surface area contributed by atoms with Crippen LogP contribution in [0.25, 0.3) is 0 Å². The molecule has 210 valence electrons. The van der Waals surface area contributed by atoms with Crippen LogP contribution >= 0.6 is 11.8 Å². The highest BCUT2D eigenvalue weighted by Crippen LogP contribution is 2.48. The molecule has 10 heteroatoms. The number of urea groups is 1. The molecule has 1 aliphatic carbocycles. The molecule has 3 fully saturated rings. The second-order valence-electron chi connectivity index (χ2n) is 10.8. The molecule has 6 rings (SSSR count). The van der Waals surface area contributed by atoms with Crippen molar-refractivity contribution in [3.8, 4) is 11.5 Å². The molecule has 4 amide bonds. The van der Waals surface area contributed by atoms with Gasteiger partial charge in [0.05, 0.1) is 16.3 Å². The van der Waals surface area contributed by atoms with Crippen LogP contribution in [0.5, 0.6) is 11.5 Å². The molecule has 3 unspecified atom stereocenters. The number of nitrogens with one attached hydrogen (secondary N) is 4. The minimum Gasteiger partial charge on any atom is -0.457 e. The molecule has 3 aliphatic heterocycles. The molecule has 1 saturated carbocycles. The third-order valence-corrected chi connectivity index (χ3v) is 9.61. The number of carbonyl (C=O) groups excluding carboxylic acids is 3. The van der Waals surface area contributed by atoms with E-state index >= 15 is 0 Å². The number of thioether (sulfide) groups is 1. The van der Waals surface area contributed by atoms with E-state index in [9.17, 15) is 14.4 Å². The Balaban J connectivity index is 1.22. The summed E-state index contributed by atoms with van der Waals surface area (Å²) in [6.45, 7) is 4.57. The van der Waals surface area contributed by atoms with Crippen molar-refractivity contribution in [3.63, 3.8) is 0 Å². The van der Waals surface area contributed by atoms with E-state index in [0.717, 1.165) is 49.2 Å². The van der Waals surface area contributed by atoms with Crippen LogP contribution in [0, 0.1) is 12.8 Å². The van der Waals surface area contributed by atoms with E-state index in [4.69, 9.17) is 4.74 Å². The summed E-state index contributed by atoms with van der Waals surface area (Å²) >= 11 is 1.50. The number of hydrogen-bond donors (Lipinski definition) is 4. The zero-order valence-corrected chi connectivity index (χ0v) is 23.6. The molecule has 2 saturated heterocycles. The average Bonchev–Trinajstić information content (AvgIpc) is 3.55. The summed E-state index contributed by atoms with van der Waals surface area (Å²) in [4.78, 5) is 41.6. The van der Waals surface area contributed by atoms with Gasteiger partial charge >= 0.3 is 6.03 Å². The van der Waals surface area contributed by atoms with Crippen LogP contribution in [0.15, 0.2) is 59.1 Å². The second kappa shape index (κ2) is 11.2. The highest BCUT2D eigenvalue weighted by atomic mass is 32.2. The maximum Gasteiger partial charge on any atom is 0.326 e. The normalized spacial score (nSPS) is 27.2. The summed E-state index contributed by atoms with van der Waals surface area (Å²) in [5.41, 5.74) is 2.49. The largest absolute Gasteiger partial charge is 0.457 e. The van der Waals surface area contributed by atoms with Crippen molar-refractivity contribution in [1.82, 2.24) is 21.3 Å². The van der Waals surface area contributed by atoms with Crippen LogP contribution < -0.4 is 30.9 Å². The van der Waals surface area contributed by atoms with E-state index in [1.165, 1.54) is 11.8 Å². The predicted molar refractivity (Wildman–Crippen MR) is 155 cm³/mol. The summed E-state index contributed by atoms with van der Waals surface area (Å²) < 4.78 is 6.00. The molecule has 2 aromatic carbocycles. The number of hydrogen-bond acceptors (Lipinski definition) is 6. The smallest absolute Gasteiger partial charge is 0.326 e. The van der Waals surface area contributed by atoms with Crippen LogP contribution in [0.1, 0.15) is 44.6 Å².